The highest BCUT2D eigenvalue weighted by Gasteiger charge is 2.14. The van der Waals surface area contributed by atoms with Crippen LogP contribution in [0.2, 0.25) is 0 Å². The Morgan fingerprint density at radius 1 is 1.48 bits per heavy atom. The van der Waals surface area contributed by atoms with Crippen molar-refractivity contribution >= 4 is 11.3 Å². The Morgan fingerprint density at radius 3 is 3.14 bits per heavy atom. The largest absolute Gasteiger partial charge is 0.371 e. The summed E-state index contributed by atoms with van der Waals surface area (Å²) in [5.41, 5.74) is 0.876. The van der Waals surface area contributed by atoms with Crippen molar-refractivity contribution in [2.45, 2.75) is 26.5 Å². The smallest absolute Gasteiger partial charge is 0.177 e. The van der Waals surface area contributed by atoms with Crippen molar-refractivity contribution in [3.8, 4) is 10.6 Å². The Bertz CT molecular complexity index is 687. The third kappa shape index (κ3) is 3.06. The first kappa shape index (κ1) is 14.0. The van der Waals surface area contributed by atoms with E-state index in [4.69, 9.17) is 9.26 Å². The highest BCUT2D eigenvalue weighted by molar-refractivity contribution is 7.13. The van der Waals surface area contributed by atoms with Gasteiger partial charge in [-0.2, -0.15) is 0 Å². The summed E-state index contributed by atoms with van der Waals surface area (Å²) in [6.45, 7) is 5.28. The molecule has 3 rings (SSSR count). The molecule has 0 saturated heterocycles. The van der Waals surface area contributed by atoms with Crippen LogP contribution < -0.4 is 0 Å². The van der Waals surface area contributed by atoms with Crippen molar-refractivity contribution < 1.29 is 9.26 Å². The van der Waals surface area contributed by atoms with Crippen molar-refractivity contribution in [3.05, 3.63) is 47.5 Å². The van der Waals surface area contributed by atoms with Gasteiger partial charge in [0, 0.05) is 25.1 Å². The maximum Gasteiger partial charge on any atom is 0.177 e. The second-order valence-corrected chi connectivity index (χ2v) is 5.62. The predicted octanol–water partition coefficient (Wildman–Crippen LogP) is 3.75. The van der Waals surface area contributed by atoms with Gasteiger partial charge < -0.3 is 13.8 Å². The van der Waals surface area contributed by atoms with Crippen LogP contribution in [0.5, 0.6) is 0 Å². The fourth-order valence-corrected chi connectivity index (χ4v) is 2.91. The Balaban J connectivity index is 1.77. The summed E-state index contributed by atoms with van der Waals surface area (Å²) in [5.74, 6) is 1.71. The zero-order valence-corrected chi connectivity index (χ0v) is 12.8. The van der Waals surface area contributed by atoms with Crippen molar-refractivity contribution in [2.75, 3.05) is 6.61 Å². The maximum atomic E-state index is 5.60. The van der Waals surface area contributed by atoms with Gasteiger partial charge in [0.2, 0.25) is 0 Å². The Labute approximate surface area is 127 Å². The molecule has 21 heavy (non-hydrogen) atoms. The lowest BCUT2D eigenvalue weighted by Crippen LogP contribution is -2.10. The van der Waals surface area contributed by atoms with E-state index >= 15 is 0 Å². The first-order chi connectivity index (χ1) is 10.3. The number of rotatable bonds is 6. The molecule has 3 heterocycles. The third-order valence-corrected chi connectivity index (χ3v) is 4.07. The first-order valence-corrected chi connectivity index (χ1v) is 7.78. The van der Waals surface area contributed by atoms with Gasteiger partial charge in [-0.05, 0) is 25.3 Å². The van der Waals surface area contributed by atoms with Crippen LogP contribution in [0, 0.1) is 0 Å². The molecule has 6 heteroatoms. The van der Waals surface area contributed by atoms with Crippen LogP contribution in [0.25, 0.3) is 10.6 Å². The second kappa shape index (κ2) is 6.24. The molecule has 0 fully saturated rings. The van der Waals surface area contributed by atoms with E-state index in [-0.39, 0.29) is 6.10 Å². The standard InChI is InChI=1S/C15H17N3O2S/c1-3-19-11(2)15-16-6-7-18(15)10-12-9-13(20-17-12)14-5-4-8-21-14/h4-9,11H,3,10H2,1-2H3. The van der Waals surface area contributed by atoms with Gasteiger partial charge in [0.1, 0.15) is 17.6 Å². The molecule has 0 aliphatic rings. The summed E-state index contributed by atoms with van der Waals surface area (Å²) < 4.78 is 13.0. The maximum absolute atomic E-state index is 5.60. The number of hydrogen-bond acceptors (Lipinski definition) is 5. The predicted molar refractivity (Wildman–Crippen MR) is 81.2 cm³/mol. The zero-order chi connectivity index (χ0) is 14.7. The van der Waals surface area contributed by atoms with Crippen LogP contribution in [0.3, 0.4) is 0 Å². The van der Waals surface area contributed by atoms with Crippen LogP contribution in [-0.4, -0.2) is 21.3 Å². The summed E-state index contributed by atoms with van der Waals surface area (Å²) in [6.07, 6.45) is 3.68. The van der Waals surface area contributed by atoms with Crippen molar-refractivity contribution in [3.63, 3.8) is 0 Å². The second-order valence-electron chi connectivity index (χ2n) is 4.67. The van der Waals surface area contributed by atoms with Crippen LogP contribution in [0.1, 0.15) is 31.5 Å². The average molecular weight is 303 g/mol. The van der Waals surface area contributed by atoms with Crippen molar-refractivity contribution in [2.24, 2.45) is 0 Å². The summed E-state index contributed by atoms with van der Waals surface area (Å²) in [4.78, 5) is 5.45. The van der Waals surface area contributed by atoms with Gasteiger partial charge in [0.25, 0.3) is 0 Å². The number of nitrogens with zero attached hydrogens (tertiary/aromatic N) is 3. The highest BCUT2D eigenvalue weighted by Crippen LogP contribution is 2.25. The highest BCUT2D eigenvalue weighted by atomic mass is 32.1. The Hall–Kier alpha value is -1.92. The van der Waals surface area contributed by atoms with Crippen LogP contribution in [-0.2, 0) is 11.3 Å². The minimum absolute atomic E-state index is 0.0336. The van der Waals surface area contributed by atoms with E-state index < -0.39 is 0 Å². The van der Waals surface area contributed by atoms with Gasteiger partial charge in [-0.1, -0.05) is 11.2 Å². The molecule has 0 N–H and O–H groups in total. The summed E-state index contributed by atoms with van der Waals surface area (Å²) in [6, 6.07) is 6.00. The number of imidazole rings is 1. The van der Waals surface area contributed by atoms with Gasteiger partial charge in [-0.15, -0.1) is 11.3 Å². The summed E-state index contributed by atoms with van der Waals surface area (Å²) >= 11 is 1.64. The number of ether oxygens (including phenoxy) is 1. The molecule has 5 nitrogen and oxygen atoms in total. The number of aromatic nitrogens is 3. The van der Waals surface area contributed by atoms with E-state index in [1.807, 2.05) is 48.2 Å². The molecule has 110 valence electrons. The topological polar surface area (TPSA) is 53.1 Å². The molecular weight excluding hydrogens is 286 g/mol. The van der Waals surface area contributed by atoms with Crippen LogP contribution in [0.4, 0.5) is 0 Å². The van der Waals surface area contributed by atoms with Gasteiger partial charge in [-0.3, -0.25) is 0 Å². The fraction of sp³-hybridized carbons (Fsp3) is 0.333. The molecule has 1 atom stereocenters. The summed E-state index contributed by atoms with van der Waals surface area (Å²) in [7, 11) is 0. The van der Waals surface area contributed by atoms with E-state index in [0.717, 1.165) is 22.2 Å². The molecule has 0 saturated carbocycles. The van der Waals surface area contributed by atoms with Gasteiger partial charge >= 0.3 is 0 Å². The molecule has 3 aromatic rings. The molecule has 0 bridgehead atoms. The molecule has 0 aliphatic carbocycles. The number of hydrogen-bond donors (Lipinski definition) is 0. The normalized spacial score (nSPS) is 12.7. The minimum atomic E-state index is -0.0336. The van der Waals surface area contributed by atoms with E-state index in [2.05, 4.69) is 10.1 Å². The van der Waals surface area contributed by atoms with E-state index in [1.54, 1.807) is 17.5 Å². The van der Waals surface area contributed by atoms with Gasteiger partial charge in [0.15, 0.2) is 5.76 Å². The quantitative estimate of drug-likeness (QED) is 0.696. The van der Waals surface area contributed by atoms with Gasteiger partial charge in [-0.25, -0.2) is 4.98 Å². The zero-order valence-electron chi connectivity index (χ0n) is 12.0. The molecule has 0 spiro atoms. The van der Waals surface area contributed by atoms with Crippen LogP contribution in [0.15, 0.2) is 40.5 Å². The Morgan fingerprint density at radius 2 is 2.38 bits per heavy atom. The van der Waals surface area contributed by atoms with Crippen LogP contribution >= 0.6 is 11.3 Å². The van der Waals surface area contributed by atoms with Crippen molar-refractivity contribution in [1.82, 2.24) is 14.7 Å². The summed E-state index contributed by atoms with van der Waals surface area (Å²) in [5, 5.41) is 6.16. The van der Waals surface area contributed by atoms with Gasteiger partial charge in [0.05, 0.1) is 11.4 Å². The molecule has 1 unspecified atom stereocenters. The molecular formula is C15H17N3O2S. The Kier molecular flexibility index (Phi) is 4.17. The van der Waals surface area contributed by atoms with Crippen molar-refractivity contribution in [1.29, 1.82) is 0 Å². The monoisotopic (exact) mass is 303 g/mol. The molecule has 0 aromatic carbocycles. The lowest BCUT2D eigenvalue weighted by atomic mass is 10.3. The third-order valence-electron chi connectivity index (χ3n) is 3.18. The van der Waals surface area contributed by atoms with E-state index in [1.165, 1.54) is 0 Å². The minimum Gasteiger partial charge on any atom is -0.371 e. The fourth-order valence-electron chi connectivity index (χ4n) is 2.23. The molecule has 0 aliphatic heterocycles. The lowest BCUT2D eigenvalue weighted by Gasteiger charge is -2.12. The van der Waals surface area contributed by atoms with E-state index in [9.17, 15) is 0 Å². The SMILES string of the molecule is CCOC(C)c1nccn1Cc1cc(-c2cccs2)on1. The van der Waals surface area contributed by atoms with E-state index in [0.29, 0.717) is 13.2 Å². The molecule has 0 amide bonds. The lowest BCUT2D eigenvalue weighted by molar-refractivity contribution is 0.0677. The average Bonchev–Trinajstić information content (AvgIpc) is 3.20. The molecule has 3 aromatic heterocycles. The number of thiophene rings is 1. The first-order valence-electron chi connectivity index (χ1n) is 6.90. The molecule has 0 radical (unpaired) electrons.